The van der Waals surface area contributed by atoms with E-state index in [1.807, 2.05) is 6.07 Å². The molecule has 2 N–H and O–H groups in total. The van der Waals surface area contributed by atoms with Crippen molar-refractivity contribution < 1.29 is 4.74 Å². The van der Waals surface area contributed by atoms with E-state index in [4.69, 9.17) is 10.5 Å². The lowest BCUT2D eigenvalue weighted by Crippen LogP contribution is -2.28. The molecule has 0 amide bonds. The summed E-state index contributed by atoms with van der Waals surface area (Å²) in [6.45, 7) is 3.20. The molecule has 0 spiro atoms. The third kappa shape index (κ3) is 3.16. The molecule has 3 rings (SSSR count). The maximum atomic E-state index is 6.17. The van der Waals surface area contributed by atoms with Crippen LogP contribution in [0, 0.1) is 0 Å². The fourth-order valence-corrected chi connectivity index (χ4v) is 2.87. The van der Waals surface area contributed by atoms with Crippen molar-refractivity contribution >= 4 is 0 Å². The Labute approximate surface area is 126 Å². The number of hydrogen-bond acceptors (Lipinski definition) is 3. The summed E-state index contributed by atoms with van der Waals surface area (Å²) in [6.07, 6.45) is 0.0155. The number of likely N-dealkylation sites (N-methyl/N-ethyl adjacent to an activating group) is 1. The van der Waals surface area contributed by atoms with Crippen LogP contribution in [-0.2, 0) is 17.8 Å². The van der Waals surface area contributed by atoms with E-state index in [2.05, 4.69) is 54.4 Å². The predicted molar refractivity (Wildman–Crippen MR) is 84.9 cm³/mol. The molecule has 0 aromatic heterocycles. The highest BCUT2D eigenvalue weighted by Gasteiger charge is 2.21. The van der Waals surface area contributed by atoms with Gasteiger partial charge in [-0.25, -0.2) is 0 Å². The van der Waals surface area contributed by atoms with Crippen LogP contribution in [0.2, 0.25) is 0 Å². The standard InChI is InChI=1S/C18H22N2O/c1-20-9-10-21-18(15-5-3-2-4-6-15)17-8-7-14(12-19)11-16(17)13-20/h2-8,11,18H,9-10,12-13,19H2,1H3. The zero-order valence-electron chi connectivity index (χ0n) is 12.5. The van der Waals surface area contributed by atoms with Crippen LogP contribution < -0.4 is 5.73 Å². The van der Waals surface area contributed by atoms with Crippen LogP contribution in [0.3, 0.4) is 0 Å². The molecule has 3 heteroatoms. The summed E-state index contributed by atoms with van der Waals surface area (Å²) in [4.78, 5) is 2.29. The summed E-state index contributed by atoms with van der Waals surface area (Å²) in [5.41, 5.74) is 10.7. The molecule has 0 aliphatic carbocycles. The van der Waals surface area contributed by atoms with Crippen molar-refractivity contribution in [1.29, 1.82) is 0 Å². The lowest BCUT2D eigenvalue weighted by Gasteiger charge is -2.28. The summed E-state index contributed by atoms with van der Waals surface area (Å²) in [7, 11) is 2.13. The average molecular weight is 282 g/mol. The molecule has 110 valence electrons. The summed E-state index contributed by atoms with van der Waals surface area (Å²) in [5, 5.41) is 0. The van der Waals surface area contributed by atoms with Crippen molar-refractivity contribution in [2.75, 3.05) is 20.2 Å². The first-order valence-corrected chi connectivity index (χ1v) is 7.45. The average Bonchev–Trinajstić information content (AvgIpc) is 2.51. The van der Waals surface area contributed by atoms with Gasteiger partial charge in [0.2, 0.25) is 0 Å². The van der Waals surface area contributed by atoms with E-state index < -0.39 is 0 Å². The van der Waals surface area contributed by atoms with Crippen molar-refractivity contribution in [3.8, 4) is 0 Å². The molecule has 1 atom stereocenters. The third-order valence-corrected chi connectivity index (χ3v) is 4.03. The van der Waals surface area contributed by atoms with E-state index in [-0.39, 0.29) is 6.10 Å². The van der Waals surface area contributed by atoms with Crippen molar-refractivity contribution in [3.63, 3.8) is 0 Å². The molecule has 1 unspecified atom stereocenters. The smallest absolute Gasteiger partial charge is 0.108 e. The maximum absolute atomic E-state index is 6.17. The Bertz CT molecular complexity index is 597. The molecule has 0 bridgehead atoms. The number of ether oxygens (including phenoxy) is 1. The first-order chi connectivity index (χ1) is 10.3. The van der Waals surface area contributed by atoms with Gasteiger partial charge in [0.05, 0.1) is 6.61 Å². The minimum Gasteiger partial charge on any atom is -0.367 e. The predicted octanol–water partition coefficient (Wildman–Crippen LogP) is 2.70. The number of rotatable bonds is 2. The first kappa shape index (κ1) is 14.3. The fourth-order valence-electron chi connectivity index (χ4n) is 2.87. The summed E-state index contributed by atoms with van der Waals surface area (Å²) >= 11 is 0. The summed E-state index contributed by atoms with van der Waals surface area (Å²) in [5.74, 6) is 0. The molecule has 0 fully saturated rings. The minimum absolute atomic E-state index is 0.0155. The van der Waals surface area contributed by atoms with Gasteiger partial charge in [-0.3, -0.25) is 4.90 Å². The third-order valence-electron chi connectivity index (χ3n) is 4.03. The number of benzene rings is 2. The molecular weight excluding hydrogens is 260 g/mol. The highest BCUT2D eigenvalue weighted by atomic mass is 16.5. The quantitative estimate of drug-likeness (QED) is 0.920. The molecule has 0 radical (unpaired) electrons. The Morgan fingerprint density at radius 2 is 2.00 bits per heavy atom. The second-order valence-electron chi connectivity index (χ2n) is 5.64. The zero-order chi connectivity index (χ0) is 14.7. The molecule has 1 heterocycles. The van der Waals surface area contributed by atoms with Crippen molar-refractivity contribution in [1.82, 2.24) is 4.90 Å². The van der Waals surface area contributed by atoms with E-state index in [0.29, 0.717) is 6.54 Å². The molecule has 2 aromatic rings. The molecule has 1 aliphatic rings. The summed E-state index contributed by atoms with van der Waals surface area (Å²) < 4.78 is 6.17. The second-order valence-corrected chi connectivity index (χ2v) is 5.64. The van der Waals surface area contributed by atoms with E-state index in [9.17, 15) is 0 Å². The summed E-state index contributed by atoms with van der Waals surface area (Å²) in [6, 6.07) is 16.9. The maximum Gasteiger partial charge on any atom is 0.108 e. The number of hydrogen-bond donors (Lipinski definition) is 1. The molecule has 1 aliphatic heterocycles. The lowest BCUT2D eigenvalue weighted by molar-refractivity contribution is 0.0554. The Morgan fingerprint density at radius 1 is 1.19 bits per heavy atom. The van der Waals surface area contributed by atoms with Crippen molar-refractivity contribution in [2.45, 2.75) is 19.2 Å². The molecular formula is C18H22N2O. The highest BCUT2D eigenvalue weighted by Crippen LogP contribution is 2.31. The number of fused-ring (bicyclic) bond motifs is 1. The van der Waals surface area contributed by atoms with Gasteiger partial charge >= 0.3 is 0 Å². The van der Waals surface area contributed by atoms with Gasteiger partial charge in [-0.15, -0.1) is 0 Å². The largest absolute Gasteiger partial charge is 0.367 e. The van der Waals surface area contributed by atoms with E-state index in [0.717, 1.165) is 19.7 Å². The van der Waals surface area contributed by atoms with E-state index in [1.54, 1.807) is 0 Å². The SMILES string of the molecule is CN1CCOC(c2ccccc2)c2ccc(CN)cc2C1. The molecule has 3 nitrogen and oxygen atoms in total. The van der Waals surface area contributed by atoms with Gasteiger partial charge in [0, 0.05) is 19.6 Å². The normalized spacial score (nSPS) is 19.6. The van der Waals surface area contributed by atoms with Gasteiger partial charge < -0.3 is 10.5 Å². The fraction of sp³-hybridized carbons (Fsp3) is 0.333. The van der Waals surface area contributed by atoms with E-state index >= 15 is 0 Å². The molecule has 21 heavy (non-hydrogen) atoms. The second kappa shape index (κ2) is 6.39. The van der Waals surface area contributed by atoms with Gasteiger partial charge in [0.15, 0.2) is 0 Å². The highest BCUT2D eigenvalue weighted by molar-refractivity contribution is 5.39. The van der Waals surface area contributed by atoms with Gasteiger partial charge in [-0.1, -0.05) is 48.5 Å². The van der Waals surface area contributed by atoms with Crippen LogP contribution in [0.4, 0.5) is 0 Å². The van der Waals surface area contributed by atoms with Gasteiger partial charge in [-0.05, 0) is 29.3 Å². The zero-order valence-corrected chi connectivity index (χ0v) is 12.5. The van der Waals surface area contributed by atoms with Gasteiger partial charge in [0.1, 0.15) is 6.10 Å². The van der Waals surface area contributed by atoms with Crippen LogP contribution >= 0.6 is 0 Å². The van der Waals surface area contributed by atoms with Crippen LogP contribution in [0.25, 0.3) is 0 Å². The van der Waals surface area contributed by atoms with Crippen LogP contribution in [0.5, 0.6) is 0 Å². The Hall–Kier alpha value is -1.68. The monoisotopic (exact) mass is 282 g/mol. The van der Waals surface area contributed by atoms with Crippen molar-refractivity contribution in [3.05, 3.63) is 70.8 Å². The van der Waals surface area contributed by atoms with Crippen molar-refractivity contribution in [2.24, 2.45) is 5.73 Å². The number of nitrogens with two attached hydrogens (primary N) is 1. The Morgan fingerprint density at radius 3 is 2.76 bits per heavy atom. The van der Waals surface area contributed by atoms with Gasteiger partial charge in [-0.2, -0.15) is 0 Å². The first-order valence-electron chi connectivity index (χ1n) is 7.45. The van der Waals surface area contributed by atoms with Crippen LogP contribution in [-0.4, -0.2) is 25.1 Å². The molecule has 0 saturated carbocycles. The van der Waals surface area contributed by atoms with Crippen LogP contribution in [0.1, 0.15) is 28.4 Å². The van der Waals surface area contributed by atoms with Gasteiger partial charge in [0.25, 0.3) is 0 Å². The topological polar surface area (TPSA) is 38.5 Å². The Kier molecular flexibility index (Phi) is 4.34. The molecule has 2 aromatic carbocycles. The molecule has 0 saturated heterocycles. The van der Waals surface area contributed by atoms with Crippen LogP contribution in [0.15, 0.2) is 48.5 Å². The lowest BCUT2D eigenvalue weighted by atomic mass is 9.94. The number of nitrogens with zero attached hydrogens (tertiary/aromatic N) is 1. The minimum atomic E-state index is 0.0155. The Balaban J connectivity index is 2.05. The van der Waals surface area contributed by atoms with E-state index in [1.165, 1.54) is 22.3 Å².